The van der Waals surface area contributed by atoms with E-state index < -0.39 is 44.1 Å². The van der Waals surface area contributed by atoms with Gasteiger partial charge in [-0.25, -0.2) is 26.7 Å². The first-order chi connectivity index (χ1) is 10.8. The maximum Gasteiger partial charge on any atom is 0.340 e. The van der Waals surface area contributed by atoms with E-state index in [1.165, 1.54) is 0 Å². The van der Waals surface area contributed by atoms with Gasteiger partial charge in [0.15, 0.2) is 0 Å². The van der Waals surface area contributed by atoms with Gasteiger partial charge in [-0.3, -0.25) is 0 Å². The fourth-order valence-corrected chi connectivity index (χ4v) is 3.74. The summed E-state index contributed by atoms with van der Waals surface area (Å²) in [5.74, 6) is -3.58. The second-order valence-corrected chi connectivity index (χ2v) is 6.90. The lowest BCUT2D eigenvalue weighted by Gasteiger charge is -2.20. The molecule has 1 fully saturated rings. The van der Waals surface area contributed by atoms with Gasteiger partial charge in [0.05, 0.1) is 18.8 Å². The molecule has 23 heavy (non-hydrogen) atoms. The minimum absolute atomic E-state index is 0.312. The van der Waals surface area contributed by atoms with E-state index >= 15 is 0 Å². The Balaban J connectivity index is 2.33. The van der Waals surface area contributed by atoms with Crippen molar-refractivity contribution >= 4 is 16.0 Å². The SMILES string of the molecule is COC(=O)c1cc(S(=O)(=O)NC(C)C2CCCO2)c(F)cc1F. The number of rotatable bonds is 5. The molecule has 1 heterocycles. The zero-order valence-corrected chi connectivity index (χ0v) is 13.5. The zero-order chi connectivity index (χ0) is 17.2. The zero-order valence-electron chi connectivity index (χ0n) is 12.6. The molecule has 2 atom stereocenters. The molecule has 1 aromatic carbocycles. The van der Waals surface area contributed by atoms with Crippen LogP contribution in [0.2, 0.25) is 0 Å². The highest BCUT2D eigenvalue weighted by atomic mass is 32.2. The normalized spacial score (nSPS) is 19.6. The molecule has 0 saturated carbocycles. The molecule has 2 rings (SSSR count). The van der Waals surface area contributed by atoms with Gasteiger partial charge >= 0.3 is 5.97 Å². The molecule has 128 valence electrons. The first kappa shape index (κ1) is 17.8. The van der Waals surface area contributed by atoms with Gasteiger partial charge in [-0.2, -0.15) is 0 Å². The Morgan fingerprint density at radius 3 is 2.65 bits per heavy atom. The van der Waals surface area contributed by atoms with Crippen LogP contribution in [0.15, 0.2) is 17.0 Å². The minimum Gasteiger partial charge on any atom is -0.465 e. The summed E-state index contributed by atoms with van der Waals surface area (Å²) in [7, 11) is -3.28. The van der Waals surface area contributed by atoms with Crippen molar-refractivity contribution in [1.82, 2.24) is 4.72 Å². The first-order valence-electron chi connectivity index (χ1n) is 6.97. The minimum atomic E-state index is -4.29. The van der Waals surface area contributed by atoms with Crippen molar-refractivity contribution in [3.8, 4) is 0 Å². The lowest BCUT2D eigenvalue weighted by Crippen LogP contribution is -2.41. The van der Waals surface area contributed by atoms with Gasteiger partial charge in [-0.15, -0.1) is 0 Å². The molecule has 6 nitrogen and oxygen atoms in total. The van der Waals surface area contributed by atoms with Gasteiger partial charge in [0.2, 0.25) is 10.0 Å². The van der Waals surface area contributed by atoms with Crippen LogP contribution in [0.4, 0.5) is 8.78 Å². The second kappa shape index (κ2) is 6.90. The van der Waals surface area contributed by atoms with Crippen LogP contribution in [0.3, 0.4) is 0 Å². The lowest BCUT2D eigenvalue weighted by atomic mass is 10.1. The third kappa shape index (κ3) is 3.85. The average molecular weight is 349 g/mol. The van der Waals surface area contributed by atoms with Crippen LogP contribution >= 0.6 is 0 Å². The fraction of sp³-hybridized carbons (Fsp3) is 0.500. The van der Waals surface area contributed by atoms with E-state index in [-0.39, 0.29) is 6.10 Å². The van der Waals surface area contributed by atoms with Crippen LogP contribution in [0.1, 0.15) is 30.1 Å². The molecule has 0 aliphatic carbocycles. The third-order valence-electron chi connectivity index (χ3n) is 3.58. The summed E-state index contributed by atoms with van der Waals surface area (Å²) in [4.78, 5) is 10.6. The van der Waals surface area contributed by atoms with Crippen LogP contribution in [0.5, 0.6) is 0 Å². The van der Waals surface area contributed by atoms with Crippen LogP contribution in [-0.2, 0) is 19.5 Å². The summed E-state index contributed by atoms with van der Waals surface area (Å²) in [6.45, 7) is 2.13. The van der Waals surface area contributed by atoms with Gasteiger partial charge in [-0.1, -0.05) is 0 Å². The molecule has 0 spiro atoms. The quantitative estimate of drug-likeness (QED) is 0.817. The number of ether oxygens (including phenoxy) is 2. The van der Waals surface area contributed by atoms with E-state index in [1.807, 2.05) is 0 Å². The van der Waals surface area contributed by atoms with Crippen molar-refractivity contribution in [3.05, 3.63) is 29.3 Å². The predicted octanol–water partition coefficient (Wildman–Crippen LogP) is 1.60. The second-order valence-electron chi connectivity index (χ2n) is 5.22. The van der Waals surface area contributed by atoms with Crippen LogP contribution in [-0.4, -0.2) is 40.2 Å². The molecule has 1 saturated heterocycles. The Labute approximate surface area is 132 Å². The van der Waals surface area contributed by atoms with E-state index in [0.29, 0.717) is 25.2 Å². The van der Waals surface area contributed by atoms with Crippen molar-refractivity contribution in [2.24, 2.45) is 0 Å². The summed E-state index contributed by atoms with van der Waals surface area (Å²) in [5.41, 5.74) is -0.654. The van der Waals surface area contributed by atoms with Gasteiger partial charge in [-0.05, 0) is 25.8 Å². The van der Waals surface area contributed by atoms with E-state index in [9.17, 15) is 22.0 Å². The highest BCUT2D eigenvalue weighted by Gasteiger charge is 2.30. The number of sulfonamides is 1. The molecule has 9 heteroatoms. The third-order valence-corrected chi connectivity index (χ3v) is 5.15. The van der Waals surface area contributed by atoms with Crippen molar-refractivity contribution in [2.75, 3.05) is 13.7 Å². The molecule has 1 aliphatic heterocycles. The van der Waals surface area contributed by atoms with Crippen LogP contribution in [0.25, 0.3) is 0 Å². The number of esters is 1. The Kier molecular flexibility index (Phi) is 5.33. The Bertz CT molecular complexity index is 701. The number of methoxy groups -OCH3 is 1. The molecule has 0 amide bonds. The monoisotopic (exact) mass is 349 g/mol. The standard InChI is InChI=1S/C14H17F2NO5S/c1-8(12-4-3-5-22-12)17-23(19,20)13-6-9(14(18)21-2)10(15)7-11(13)16/h6-8,12,17H,3-5H2,1-2H3. The predicted molar refractivity (Wildman–Crippen MR) is 76.5 cm³/mol. The molecule has 0 aromatic heterocycles. The Hall–Kier alpha value is -1.58. The summed E-state index contributed by atoms with van der Waals surface area (Å²) in [6.07, 6.45) is 1.19. The van der Waals surface area contributed by atoms with Gasteiger partial charge in [0.1, 0.15) is 16.5 Å². The van der Waals surface area contributed by atoms with Crippen molar-refractivity contribution in [2.45, 2.75) is 36.8 Å². The van der Waals surface area contributed by atoms with Crippen molar-refractivity contribution < 1.29 is 31.5 Å². The molecule has 1 N–H and O–H groups in total. The Morgan fingerprint density at radius 2 is 2.09 bits per heavy atom. The summed E-state index contributed by atoms with van der Waals surface area (Å²) >= 11 is 0. The topological polar surface area (TPSA) is 81.7 Å². The van der Waals surface area contributed by atoms with Gasteiger partial charge in [0, 0.05) is 18.7 Å². The first-order valence-corrected chi connectivity index (χ1v) is 8.46. The van der Waals surface area contributed by atoms with Crippen molar-refractivity contribution in [3.63, 3.8) is 0 Å². The summed E-state index contributed by atoms with van der Waals surface area (Å²) in [6, 6.07) is 0.382. The fourth-order valence-electron chi connectivity index (χ4n) is 2.38. The molecular formula is C14H17F2NO5S. The van der Waals surface area contributed by atoms with E-state index in [2.05, 4.69) is 9.46 Å². The van der Waals surface area contributed by atoms with Crippen LogP contribution < -0.4 is 4.72 Å². The van der Waals surface area contributed by atoms with Crippen molar-refractivity contribution in [1.29, 1.82) is 0 Å². The molecular weight excluding hydrogens is 332 g/mol. The lowest BCUT2D eigenvalue weighted by molar-refractivity contribution is 0.0595. The van der Waals surface area contributed by atoms with E-state index in [1.54, 1.807) is 6.92 Å². The summed E-state index contributed by atoms with van der Waals surface area (Å²) < 4.78 is 64.1. The number of nitrogens with one attached hydrogen (secondary N) is 1. The number of benzene rings is 1. The number of hydrogen-bond donors (Lipinski definition) is 1. The number of carbonyl (C=O) groups excluding carboxylic acids is 1. The summed E-state index contributed by atoms with van der Waals surface area (Å²) in [5, 5.41) is 0. The van der Waals surface area contributed by atoms with Gasteiger partial charge < -0.3 is 9.47 Å². The largest absolute Gasteiger partial charge is 0.465 e. The molecule has 0 radical (unpaired) electrons. The van der Waals surface area contributed by atoms with Gasteiger partial charge in [0.25, 0.3) is 0 Å². The molecule has 0 bridgehead atoms. The number of halogens is 2. The smallest absolute Gasteiger partial charge is 0.340 e. The molecule has 1 aromatic rings. The maximum absolute atomic E-state index is 13.9. The Morgan fingerprint density at radius 1 is 1.39 bits per heavy atom. The highest BCUT2D eigenvalue weighted by molar-refractivity contribution is 7.89. The average Bonchev–Trinajstić information content (AvgIpc) is 3.00. The molecule has 1 aliphatic rings. The van der Waals surface area contributed by atoms with E-state index in [0.717, 1.165) is 13.5 Å². The van der Waals surface area contributed by atoms with Crippen LogP contribution in [0, 0.1) is 11.6 Å². The molecule has 2 unspecified atom stereocenters. The number of carbonyl (C=O) groups is 1. The maximum atomic E-state index is 13.9. The number of hydrogen-bond acceptors (Lipinski definition) is 5. The van der Waals surface area contributed by atoms with E-state index in [4.69, 9.17) is 4.74 Å². The highest BCUT2D eigenvalue weighted by Crippen LogP contribution is 2.22.